The Morgan fingerprint density at radius 3 is 2.47 bits per heavy atom. The second-order valence-corrected chi connectivity index (χ2v) is 6.30. The van der Waals surface area contributed by atoms with Crippen LogP contribution in [0.1, 0.15) is 49.2 Å². The SMILES string of the molecule is Cc1cc(C(=O)NC2CC(C)CC(C)C2)cc(Cl)n1. The van der Waals surface area contributed by atoms with E-state index in [9.17, 15) is 4.79 Å². The average molecular weight is 281 g/mol. The molecule has 1 amide bonds. The predicted octanol–water partition coefficient (Wildman–Crippen LogP) is 3.60. The second kappa shape index (κ2) is 5.91. The van der Waals surface area contributed by atoms with Crippen molar-refractivity contribution in [3.63, 3.8) is 0 Å². The lowest BCUT2D eigenvalue weighted by Crippen LogP contribution is -2.40. The molecule has 3 nitrogen and oxygen atoms in total. The maximum Gasteiger partial charge on any atom is 0.251 e. The van der Waals surface area contributed by atoms with Crippen LogP contribution in [0.15, 0.2) is 12.1 Å². The van der Waals surface area contributed by atoms with Crippen molar-refractivity contribution >= 4 is 17.5 Å². The number of hydrogen-bond donors (Lipinski definition) is 1. The van der Waals surface area contributed by atoms with Gasteiger partial charge in [-0.1, -0.05) is 25.4 Å². The van der Waals surface area contributed by atoms with Crippen LogP contribution in [0.3, 0.4) is 0 Å². The second-order valence-electron chi connectivity index (χ2n) is 5.91. The summed E-state index contributed by atoms with van der Waals surface area (Å²) in [5, 5.41) is 3.50. The molecule has 0 aliphatic heterocycles. The van der Waals surface area contributed by atoms with Gasteiger partial charge >= 0.3 is 0 Å². The van der Waals surface area contributed by atoms with Gasteiger partial charge in [-0.05, 0) is 50.2 Å². The molecule has 1 aromatic rings. The van der Waals surface area contributed by atoms with Crippen molar-refractivity contribution in [1.29, 1.82) is 0 Å². The fourth-order valence-electron chi connectivity index (χ4n) is 3.09. The largest absolute Gasteiger partial charge is 0.349 e. The quantitative estimate of drug-likeness (QED) is 0.841. The van der Waals surface area contributed by atoms with Crippen molar-refractivity contribution in [3.05, 3.63) is 28.5 Å². The molecular weight excluding hydrogens is 260 g/mol. The van der Waals surface area contributed by atoms with Crippen molar-refractivity contribution in [2.24, 2.45) is 11.8 Å². The monoisotopic (exact) mass is 280 g/mol. The minimum absolute atomic E-state index is 0.0429. The highest BCUT2D eigenvalue weighted by atomic mass is 35.5. The van der Waals surface area contributed by atoms with E-state index in [-0.39, 0.29) is 11.9 Å². The zero-order valence-corrected chi connectivity index (χ0v) is 12.5. The van der Waals surface area contributed by atoms with Crippen LogP contribution >= 0.6 is 11.6 Å². The number of nitrogens with zero attached hydrogens (tertiary/aromatic N) is 1. The summed E-state index contributed by atoms with van der Waals surface area (Å²) in [4.78, 5) is 16.3. The highest BCUT2D eigenvalue weighted by molar-refractivity contribution is 6.29. The third kappa shape index (κ3) is 3.93. The van der Waals surface area contributed by atoms with E-state index in [0.717, 1.165) is 18.5 Å². The maximum absolute atomic E-state index is 12.2. The van der Waals surface area contributed by atoms with Crippen molar-refractivity contribution in [2.45, 2.75) is 46.1 Å². The summed E-state index contributed by atoms with van der Waals surface area (Å²) in [6.07, 6.45) is 3.38. The first-order valence-electron chi connectivity index (χ1n) is 6.89. The van der Waals surface area contributed by atoms with Crippen LogP contribution in [0.2, 0.25) is 5.15 Å². The van der Waals surface area contributed by atoms with Gasteiger partial charge in [0.2, 0.25) is 0 Å². The Morgan fingerprint density at radius 2 is 1.89 bits per heavy atom. The molecule has 1 aromatic heterocycles. The summed E-state index contributed by atoms with van der Waals surface area (Å²) in [7, 11) is 0. The number of carbonyl (C=O) groups is 1. The summed E-state index contributed by atoms with van der Waals surface area (Å²) >= 11 is 5.89. The van der Waals surface area contributed by atoms with Gasteiger partial charge < -0.3 is 5.32 Å². The lowest BCUT2D eigenvalue weighted by Gasteiger charge is -2.32. The lowest BCUT2D eigenvalue weighted by atomic mass is 9.80. The van der Waals surface area contributed by atoms with Gasteiger partial charge in [-0.3, -0.25) is 4.79 Å². The van der Waals surface area contributed by atoms with Crippen LogP contribution in [0.4, 0.5) is 0 Å². The lowest BCUT2D eigenvalue weighted by molar-refractivity contribution is 0.0911. The van der Waals surface area contributed by atoms with Crippen LogP contribution < -0.4 is 5.32 Å². The van der Waals surface area contributed by atoms with E-state index in [0.29, 0.717) is 22.6 Å². The van der Waals surface area contributed by atoms with Gasteiger partial charge in [0.1, 0.15) is 5.15 Å². The summed E-state index contributed by atoms with van der Waals surface area (Å²) in [6.45, 7) is 6.35. The smallest absolute Gasteiger partial charge is 0.251 e. The Balaban J connectivity index is 2.04. The Morgan fingerprint density at radius 1 is 1.26 bits per heavy atom. The molecule has 0 spiro atoms. The first kappa shape index (κ1) is 14.3. The van der Waals surface area contributed by atoms with Gasteiger partial charge in [0.25, 0.3) is 5.91 Å². The van der Waals surface area contributed by atoms with Gasteiger partial charge in [-0.15, -0.1) is 0 Å². The normalized spacial score (nSPS) is 27.1. The van der Waals surface area contributed by atoms with Gasteiger partial charge in [0.15, 0.2) is 0 Å². The standard InChI is InChI=1S/C15H21ClN2O/c1-9-4-10(2)6-13(5-9)18-15(19)12-7-11(3)17-14(16)8-12/h7-10,13H,4-6H2,1-3H3,(H,18,19). The molecule has 1 fully saturated rings. The van der Waals surface area contributed by atoms with Gasteiger partial charge in [-0.25, -0.2) is 4.98 Å². The average Bonchev–Trinajstić information content (AvgIpc) is 2.25. The Hall–Kier alpha value is -1.09. The van der Waals surface area contributed by atoms with Crippen molar-refractivity contribution in [2.75, 3.05) is 0 Å². The number of halogens is 1. The molecule has 2 atom stereocenters. The minimum atomic E-state index is -0.0429. The Bertz CT molecular complexity index is 445. The van der Waals surface area contributed by atoms with E-state index in [1.807, 2.05) is 6.92 Å². The molecule has 2 unspecified atom stereocenters. The number of aryl methyl sites for hydroxylation is 1. The maximum atomic E-state index is 12.2. The van der Waals surface area contributed by atoms with E-state index in [4.69, 9.17) is 11.6 Å². The molecule has 1 aliphatic rings. The number of aromatic nitrogens is 1. The molecule has 19 heavy (non-hydrogen) atoms. The minimum Gasteiger partial charge on any atom is -0.349 e. The summed E-state index contributed by atoms with van der Waals surface area (Å²) in [5.41, 5.74) is 1.37. The highest BCUT2D eigenvalue weighted by Gasteiger charge is 2.25. The summed E-state index contributed by atoms with van der Waals surface area (Å²) < 4.78 is 0. The third-order valence-corrected chi connectivity index (χ3v) is 3.89. The third-order valence-electron chi connectivity index (χ3n) is 3.70. The van der Waals surface area contributed by atoms with Gasteiger partial charge in [-0.2, -0.15) is 0 Å². The Kier molecular flexibility index (Phi) is 4.46. The number of amides is 1. The molecular formula is C15H21ClN2O. The zero-order valence-electron chi connectivity index (χ0n) is 11.7. The van der Waals surface area contributed by atoms with Gasteiger partial charge in [0.05, 0.1) is 0 Å². The number of pyridine rings is 1. The molecule has 0 bridgehead atoms. The summed E-state index contributed by atoms with van der Waals surface area (Å²) in [6, 6.07) is 3.68. The fraction of sp³-hybridized carbons (Fsp3) is 0.600. The van der Waals surface area contributed by atoms with Gasteiger partial charge in [0, 0.05) is 17.3 Å². The number of rotatable bonds is 2. The van der Waals surface area contributed by atoms with Crippen LogP contribution in [0, 0.1) is 18.8 Å². The molecule has 1 N–H and O–H groups in total. The first-order chi connectivity index (χ1) is 8.94. The first-order valence-corrected chi connectivity index (χ1v) is 7.27. The zero-order chi connectivity index (χ0) is 14.0. The van der Waals surface area contributed by atoms with Crippen molar-refractivity contribution in [3.8, 4) is 0 Å². The van der Waals surface area contributed by atoms with Crippen LogP contribution in [-0.2, 0) is 0 Å². The molecule has 104 valence electrons. The molecule has 0 saturated heterocycles. The van der Waals surface area contributed by atoms with Crippen LogP contribution in [0.5, 0.6) is 0 Å². The van der Waals surface area contributed by atoms with E-state index in [2.05, 4.69) is 24.1 Å². The van der Waals surface area contributed by atoms with E-state index >= 15 is 0 Å². The topological polar surface area (TPSA) is 42.0 Å². The van der Waals surface area contributed by atoms with Crippen molar-refractivity contribution < 1.29 is 4.79 Å². The number of carbonyl (C=O) groups excluding carboxylic acids is 1. The molecule has 0 radical (unpaired) electrons. The van der Waals surface area contributed by atoms with Crippen LogP contribution in [0.25, 0.3) is 0 Å². The molecule has 4 heteroatoms. The molecule has 1 aliphatic carbocycles. The predicted molar refractivity (Wildman–Crippen MR) is 77.4 cm³/mol. The number of nitrogens with one attached hydrogen (secondary N) is 1. The molecule has 2 rings (SSSR count). The summed E-state index contributed by atoms with van der Waals surface area (Å²) in [5.74, 6) is 1.31. The van der Waals surface area contributed by atoms with Crippen LogP contribution in [-0.4, -0.2) is 16.9 Å². The number of hydrogen-bond acceptors (Lipinski definition) is 2. The van der Waals surface area contributed by atoms with E-state index < -0.39 is 0 Å². The molecule has 0 aromatic carbocycles. The molecule has 1 saturated carbocycles. The Labute approximate surface area is 119 Å². The fourth-order valence-corrected chi connectivity index (χ4v) is 3.34. The highest BCUT2D eigenvalue weighted by Crippen LogP contribution is 2.28. The van der Waals surface area contributed by atoms with E-state index in [1.165, 1.54) is 6.42 Å². The van der Waals surface area contributed by atoms with Crippen molar-refractivity contribution in [1.82, 2.24) is 10.3 Å². The molecule has 1 heterocycles. The van der Waals surface area contributed by atoms with E-state index in [1.54, 1.807) is 12.1 Å².